The summed E-state index contributed by atoms with van der Waals surface area (Å²) < 4.78 is 0. The zero-order chi connectivity index (χ0) is 27.2. The van der Waals surface area contributed by atoms with Gasteiger partial charge in [-0.3, -0.25) is 20.6 Å². The summed E-state index contributed by atoms with van der Waals surface area (Å²) in [6.45, 7) is 16.7. The van der Waals surface area contributed by atoms with Crippen LogP contribution in [0, 0.1) is 33.7 Å². The molecule has 2 aromatic heterocycles. The van der Waals surface area contributed by atoms with Gasteiger partial charge in [0, 0.05) is 36.2 Å². The van der Waals surface area contributed by atoms with Crippen molar-refractivity contribution in [2.45, 2.75) is 67.5 Å². The molecule has 0 aliphatic carbocycles. The van der Waals surface area contributed by atoms with Gasteiger partial charge in [-0.05, 0) is 48.9 Å². The first kappa shape index (κ1) is 35.9. The Morgan fingerprint density at radius 2 is 0.974 bits per heavy atom. The largest absolute Gasteiger partial charge is 0.412 e. The van der Waals surface area contributed by atoms with E-state index in [1.165, 1.54) is 0 Å². The van der Waals surface area contributed by atoms with Crippen LogP contribution in [0.3, 0.4) is 0 Å². The molecular formula is C26H42N10O2. The number of anilines is 2. The first-order chi connectivity index (χ1) is 16.9. The summed E-state index contributed by atoms with van der Waals surface area (Å²) in [5.41, 5.74) is 1.77. The molecule has 0 spiro atoms. The minimum absolute atomic E-state index is 0. The molecule has 2 rings (SSSR count). The molecular weight excluding hydrogens is 484 g/mol. The minimum atomic E-state index is 0. The molecule has 38 heavy (non-hydrogen) atoms. The summed E-state index contributed by atoms with van der Waals surface area (Å²) in [4.78, 5) is 16.8. The number of rotatable bonds is 4. The number of hydrogen-bond acceptors (Lipinski definition) is 6. The van der Waals surface area contributed by atoms with Crippen LogP contribution >= 0.6 is 0 Å². The van der Waals surface area contributed by atoms with E-state index < -0.39 is 0 Å². The molecule has 12 heteroatoms. The maximum absolute atomic E-state index is 8.74. The van der Waals surface area contributed by atoms with Gasteiger partial charge in [-0.2, -0.15) is 10.5 Å². The van der Waals surface area contributed by atoms with E-state index in [-0.39, 0.29) is 33.9 Å². The van der Waals surface area contributed by atoms with Crippen molar-refractivity contribution in [3.63, 3.8) is 0 Å². The fraction of sp³-hybridized carbons (Fsp3) is 0.462. The Morgan fingerprint density at radius 3 is 1.21 bits per heavy atom. The lowest BCUT2D eigenvalue weighted by Gasteiger charge is -2.24. The van der Waals surface area contributed by atoms with Crippen LogP contribution in [-0.2, 0) is 0 Å². The van der Waals surface area contributed by atoms with E-state index in [9.17, 15) is 0 Å². The molecule has 0 amide bonds. The van der Waals surface area contributed by atoms with Crippen molar-refractivity contribution < 1.29 is 11.0 Å². The quantitative estimate of drug-likeness (QED) is 0.201. The third-order valence-corrected chi connectivity index (χ3v) is 5.39. The van der Waals surface area contributed by atoms with Crippen LogP contribution in [0.5, 0.6) is 0 Å². The fourth-order valence-electron chi connectivity index (χ4n) is 2.22. The molecule has 12 nitrogen and oxygen atoms in total. The van der Waals surface area contributed by atoms with Gasteiger partial charge in [0.25, 0.3) is 0 Å². The first-order valence-electron chi connectivity index (χ1n) is 11.7. The number of nitrogens with one attached hydrogen (secondary N) is 4. The molecule has 0 bridgehead atoms. The van der Waals surface area contributed by atoms with Gasteiger partial charge >= 0.3 is 0 Å². The normalized spacial score (nSPS) is 12.9. The van der Waals surface area contributed by atoms with Gasteiger partial charge in [0.05, 0.1) is 12.1 Å². The molecule has 0 aromatic carbocycles. The van der Waals surface area contributed by atoms with Crippen LogP contribution in [0.2, 0.25) is 0 Å². The summed E-state index contributed by atoms with van der Waals surface area (Å²) in [6.07, 6.45) is 10.5. The topological polar surface area (TPSA) is 209 Å². The van der Waals surface area contributed by atoms with Gasteiger partial charge in [0.1, 0.15) is 0 Å². The highest BCUT2D eigenvalue weighted by atomic mass is 16.0. The summed E-state index contributed by atoms with van der Waals surface area (Å²) in [5, 5.41) is 28.7. The van der Waals surface area contributed by atoms with Gasteiger partial charge in [0.15, 0.2) is 12.4 Å². The Morgan fingerprint density at radius 1 is 0.684 bits per heavy atom. The average molecular weight is 527 g/mol. The molecule has 2 atom stereocenters. The molecule has 0 saturated heterocycles. The number of aliphatic imine (C=N–C) groups is 2. The van der Waals surface area contributed by atoms with Crippen molar-refractivity contribution in [3.8, 4) is 12.4 Å². The molecule has 0 fully saturated rings. The van der Waals surface area contributed by atoms with E-state index in [4.69, 9.17) is 10.5 Å². The molecule has 0 aliphatic rings. The minimum Gasteiger partial charge on any atom is -0.412 e. The summed E-state index contributed by atoms with van der Waals surface area (Å²) in [5.74, 6) is 0.900. The van der Waals surface area contributed by atoms with E-state index in [2.05, 4.69) is 82.8 Å². The van der Waals surface area contributed by atoms with Crippen molar-refractivity contribution in [2.24, 2.45) is 20.8 Å². The number of aromatic nitrogens is 2. The number of pyridine rings is 2. The second-order valence-electron chi connectivity index (χ2n) is 10.2. The van der Waals surface area contributed by atoms with Crippen LogP contribution in [0.1, 0.15) is 55.4 Å². The van der Waals surface area contributed by atoms with Gasteiger partial charge in [-0.1, -0.05) is 41.5 Å². The van der Waals surface area contributed by atoms with E-state index >= 15 is 0 Å². The summed E-state index contributed by atoms with van der Waals surface area (Å²) >= 11 is 0. The maximum atomic E-state index is 8.74. The predicted molar refractivity (Wildman–Crippen MR) is 153 cm³/mol. The highest BCUT2D eigenvalue weighted by Gasteiger charge is 2.20. The van der Waals surface area contributed by atoms with E-state index in [0.717, 1.165) is 11.4 Å². The van der Waals surface area contributed by atoms with E-state index in [0.29, 0.717) is 11.9 Å². The molecule has 208 valence electrons. The SMILES string of the molecule is CC(N=C(NC#N)Nc1ccncc1)C(C)(C)C.CC(N=C(NC#N)Nc1ccncc1)C(C)(C)C.O.O. The van der Waals surface area contributed by atoms with Crippen molar-refractivity contribution in [3.05, 3.63) is 49.1 Å². The van der Waals surface area contributed by atoms with Crippen LogP contribution in [0.25, 0.3) is 0 Å². The molecule has 2 aromatic rings. The summed E-state index contributed by atoms with van der Waals surface area (Å²) in [7, 11) is 0. The first-order valence-corrected chi connectivity index (χ1v) is 11.7. The Balaban J connectivity index is 0. The zero-order valence-corrected chi connectivity index (χ0v) is 23.5. The monoisotopic (exact) mass is 526 g/mol. The fourth-order valence-corrected chi connectivity index (χ4v) is 2.22. The number of guanidine groups is 2. The van der Waals surface area contributed by atoms with Crippen LogP contribution in [0.4, 0.5) is 11.4 Å². The van der Waals surface area contributed by atoms with Gasteiger partial charge in [-0.15, -0.1) is 0 Å². The average Bonchev–Trinajstić information content (AvgIpc) is 2.80. The molecule has 0 radical (unpaired) electrons. The maximum Gasteiger partial charge on any atom is 0.209 e. The second kappa shape index (κ2) is 17.2. The highest BCUT2D eigenvalue weighted by Crippen LogP contribution is 2.22. The predicted octanol–water partition coefficient (Wildman–Crippen LogP) is 3.06. The second-order valence-corrected chi connectivity index (χ2v) is 10.2. The van der Waals surface area contributed by atoms with Crippen molar-refractivity contribution in [1.82, 2.24) is 20.6 Å². The lowest BCUT2D eigenvalue weighted by atomic mass is 9.88. The molecule has 2 heterocycles. The van der Waals surface area contributed by atoms with Gasteiger partial charge < -0.3 is 21.6 Å². The van der Waals surface area contributed by atoms with Crippen LogP contribution in [0.15, 0.2) is 59.0 Å². The van der Waals surface area contributed by atoms with E-state index in [1.54, 1.807) is 24.8 Å². The summed E-state index contributed by atoms with van der Waals surface area (Å²) in [6, 6.07) is 7.43. The van der Waals surface area contributed by atoms with E-state index in [1.807, 2.05) is 50.5 Å². The van der Waals surface area contributed by atoms with Gasteiger partial charge in [-0.25, -0.2) is 9.98 Å². The highest BCUT2D eigenvalue weighted by molar-refractivity contribution is 5.95. The number of hydrogen-bond donors (Lipinski definition) is 4. The Hall–Kier alpha value is -4.26. The van der Waals surface area contributed by atoms with Gasteiger partial charge in [0.2, 0.25) is 11.9 Å². The smallest absolute Gasteiger partial charge is 0.209 e. The van der Waals surface area contributed by atoms with Crippen LogP contribution in [-0.4, -0.2) is 44.9 Å². The Bertz CT molecular complexity index is 976. The molecule has 8 N–H and O–H groups in total. The van der Waals surface area contributed by atoms with Crippen molar-refractivity contribution in [1.29, 1.82) is 10.5 Å². The number of nitriles is 2. The third kappa shape index (κ3) is 14.3. The Labute approximate surface area is 226 Å². The zero-order valence-electron chi connectivity index (χ0n) is 23.5. The molecule has 0 saturated carbocycles. The van der Waals surface area contributed by atoms with Crippen molar-refractivity contribution in [2.75, 3.05) is 10.6 Å². The lowest BCUT2D eigenvalue weighted by molar-refractivity contribution is 0.341. The van der Waals surface area contributed by atoms with Crippen molar-refractivity contribution >= 4 is 23.3 Å². The number of nitrogens with zero attached hydrogens (tertiary/aromatic N) is 6. The standard InChI is InChI=1S/2C13H19N5.2H2O/c2*1-10(13(2,3)4)17-12(16-9-14)18-11-5-7-15-8-6-11;;/h2*5-8,10H,1-4H3,(H2,15,16,17,18);2*1H2. The molecule has 0 aliphatic heterocycles. The van der Waals surface area contributed by atoms with Crippen LogP contribution < -0.4 is 21.3 Å². The third-order valence-electron chi connectivity index (χ3n) is 5.39. The Kier molecular flexibility index (Phi) is 16.3. The molecule has 2 unspecified atom stereocenters. The lowest BCUT2D eigenvalue weighted by Crippen LogP contribution is -2.31.